The SMILES string of the molecule is O=C(c1ccc(F)cn1)N1CCc2nc(COc3cccc(F)c3)oc2C1. The van der Waals surface area contributed by atoms with Crippen LogP contribution >= 0.6 is 0 Å². The van der Waals surface area contributed by atoms with Crippen LogP contribution in [0, 0.1) is 11.6 Å². The molecular formula is C19H15F2N3O3. The van der Waals surface area contributed by atoms with Gasteiger partial charge in [-0.2, -0.15) is 0 Å². The van der Waals surface area contributed by atoms with Gasteiger partial charge in [0.2, 0.25) is 5.89 Å². The minimum absolute atomic E-state index is 0.0594. The van der Waals surface area contributed by atoms with E-state index >= 15 is 0 Å². The van der Waals surface area contributed by atoms with E-state index in [-0.39, 0.29) is 30.6 Å². The first-order valence-corrected chi connectivity index (χ1v) is 8.35. The van der Waals surface area contributed by atoms with Crippen molar-refractivity contribution >= 4 is 5.91 Å². The van der Waals surface area contributed by atoms with Gasteiger partial charge in [0.25, 0.3) is 5.91 Å². The third kappa shape index (κ3) is 3.79. The van der Waals surface area contributed by atoms with Gasteiger partial charge >= 0.3 is 0 Å². The molecule has 1 aliphatic rings. The van der Waals surface area contributed by atoms with Crippen molar-refractivity contribution in [3.05, 3.63) is 77.3 Å². The number of halogens is 2. The second kappa shape index (κ2) is 7.14. The lowest BCUT2D eigenvalue weighted by molar-refractivity contribution is 0.0712. The summed E-state index contributed by atoms with van der Waals surface area (Å²) >= 11 is 0. The Morgan fingerprint density at radius 1 is 1.22 bits per heavy atom. The average Bonchev–Trinajstić information content (AvgIpc) is 3.08. The Morgan fingerprint density at radius 3 is 2.89 bits per heavy atom. The molecule has 0 saturated carbocycles. The van der Waals surface area contributed by atoms with Crippen LogP contribution in [0.3, 0.4) is 0 Å². The summed E-state index contributed by atoms with van der Waals surface area (Å²) in [5.74, 6) is 0.140. The Labute approximate surface area is 153 Å². The molecule has 6 nitrogen and oxygen atoms in total. The molecule has 0 fully saturated rings. The number of carbonyl (C=O) groups is 1. The van der Waals surface area contributed by atoms with Crippen LogP contribution in [0.5, 0.6) is 5.75 Å². The number of carbonyl (C=O) groups excluding carboxylic acids is 1. The summed E-state index contributed by atoms with van der Waals surface area (Å²) in [5.41, 5.74) is 0.943. The number of hydrogen-bond acceptors (Lipinski definition) is 5. The van der Waals surface area contributed by atoms with Gasteiger partial charge in [-0.05, 0) is 24.3 Å². The van der Waals surface area contributed by atoms with E-state index in [1.807, 2.05) is 0 Å². The summed E-state index contributed by atoms with van der Waals surface area (Å²) < 4.78 is 37.3. The van der Waals surface area contributed by atoms with Crippen LogP contribution < -0.4 is 4.74 Å². The molecule has 27 heavy (non-hydrogen) atoms. The molecule has 0 aliphatic carbocycles. The molecule has 1 aliphatic heterocycles. The number of hydrogen-bond donors (Lipinski definition) is 0. The molecule has 4 rings (SSSR count). The fraction of sp³-hybridized carbons (Fsp3) is 0.211. The molecular weight excluding hydrogens is 356 g/mol. The zero-order chi connectivity index (χ0) is 18.8. The van der Waals surface area contributed by atoms with Crippen LogP contribution in [0.15, 0.2) is 47.0 Å². The van der Waals surface area contributed by atoms with Gasteiger partial charge < -0.3 is 14.1 Å². The Bertz CT molecular complexity index is 973. The zero-order valence-electron chi connectivity index (χ0n) is 14.2. The molecule has 0 bridgehead atoms. The number of pyridine rings is 1. The summed E-state index contributed by atoms with van der Waals surface area (Å²) in [6.07, 6.45) is 1.55. The number of nitrogens with zero attached hydrogens (tertiary/aromatic N) is 3. The minimum Gasteiger partial charge on any atom is -0.484 e. The van der Waals surface area contributed by atoms with Crippen molar-refractivity contribution in [1.29, 1.82) is 0 Å². The number of oxazole rings is 1. The van der Waals surface area contributed by atoms with E-state index < -0.39 is 5.82 Å². The van der Waals surface area contributed by atoms with Crippen molar-refractivity contribution in [2.75, 3.05) is 6.54 Å². The highest BCUT2D eigenvalue weighted by atomic mass is 19.1. The number of ether oxygens (including phenoxy) is 1. The van der Waals surface area contributed by atoms with Crippen molar-refractivity contribution in [3.63, 3.8) is 0 Å². The van der Waals surface area contributed by atoms with Crippen molar-refractivity contribution in [1.82, 2.24) is 14.9 Å². The molecule has 0 spiro atoms. The molecule has 0 atom stereocenters. The first-order valence-electron chi connectivity index (χ1n) is 8.35. The number of amides is 1. The molecule has 1 aromatic carbocycles. The van der Waals surface area contributed by atoms with Gasteiger partial charge in [-0.25, -0.2) is 18.7 Å². The smallest absolute Gasteiger partial charge is 0.272 e. The number of fused-ring (bicyclic) bond motifs is 1. The maximum Gasteiger partial charge on any atom is 0.272 e. The Hall–Kier alpha value is -3.29. The van der Waals surface area contributed by atoms with Gasteiger partial charge in [0.1, 0.15) is 28.8 Å². The molecule has 8 heteroatoms. The van der Waals surface area contributed by atoms with Crippen LogP contribution in [0.25, 0.3) is 0 Å². The fourth-order valence-electron chi connectivity index (χ4n) is 2.85. The van der Waals surface area contributed by atoms with Crippen molar-refractivity contribution in [2.45, 2.75) is 19.6 Å². The van der Waals surface area contributed by atoms with Crippen LogP contribution in [0.2, 0.25) is 0 Å². The van der Waals surface area contributed by atoms with Crippen LogP contribution in [-0.2, 0) is 19.6 Å². The molecule has 0 N–H and O–H groups in total. The topological polar surface area (TPSA) is 68.5 Å². The molecule has 0 radical (unpaired) electrons. The number of rotatable bonds is 4. The summed E-state index contributed by atoms with van der Waals surface area (Å²) in [7, 11) is 0. The molecule has 1 amide bonds. The maximum absolute atomic E-state index is 13.2. The molecule has 0 saturated heterocycles. The quantitative estimate of drug-likeness (QED) is 0.705. The van der Waals surface area contributed by atoms with E-state index in [4.69, 9.17) is 9.15 Å². The summed E-state index contributed by atoms with van der Waals surface area (Å²) in [5, 5.41) is 0. The van der Waals surface area contributed by atoms with Gasteiger partial charge in [0, 0.05) is 19.0 Å². The highest BCUT2D eigenvalue weighted by Gasteiger charge is 2.27. The summed E-state index contributed by atoms with van der Waals surface area (Å²) in [6, 6.07) is 8.36. The predicted octanol–water partition coefficient (Wildman–Crippen LogP) is 3.13. The van der Waals surface area contributed by atoms with Crippen LogP contribution in [-0.4, -0.2) is 27.3 Å². The highest BCUT2D eigenvalue weighted by Crippen LogP contribution is 2.22. The first kappa shape index (κ1) is 17.1. The molecule has 138 valence electrons. The van der Waals surface area contributed by atoms with Crippen LogP contribution in [0.1, 0.15) is 27.8 Å². The second-order valence-corrected chi connectivity index (χ2v) is 6.06. The maximum atomic E-state index is 13.2. The first-order chi connectivity index (χ1) is 13.1. The number of benzene rings is 1. The monoisotopic (exact) mass is 371 g/mol. The zero-order valence-corrected chi connectivity index (χ0v) is 14.2. The average molecular weight is 371 g/mol. The Morgan fingerprint density at radius 2 is 2.11 bits per heavy atom. The van der Waals surface area contributed by atoms with E-state index in [2.05, 4.69) is 9.97 Å². The highest BCUT2D eigenvalue weighted by molar-refractivity contribution is 5.92. The summed E-state index contributed by atoms with van der Waals surface area (Å²) in [4.78, 5) is 22.3. The van der Waals surface area contributed by atoms with E-state index in [0.717, 1.165) is 11.9 Å². The molecule has 2 aromatic heterocycles. The fourth-order valence-corrected chi connectivity index (χ4v) is 2.85. The second-order valence-electron chi connectivity index (χ2n) is 6.06. The third-order valence-electron chi connectivity index (χ3n) is 4.17. The van der Waals surface area contributed by atoms with E-state index in [1.165, 1.54) is 24.3 Å². The number of aromatic nitrogens is 2. The normalized spacial score (nSPS) is 13.3. The lowest BCUT2D eigenvalue weighted by atomic mass is 10.1. The van der Waals surface area contributed by atoms with Crippen molar-refractivity contribution < 1.29 is 22.7 Å². The van der Waals surface area contributed by atoms with E-state index in [9.17, 15) is 13.6 Å². The lowest BCUT2D eigenvalue weighted by Gasteiger charge is -2.24. The van der Waals surface area contributed by atoms with Gasteiger partial charge in [0.05, 0.1) is 18.4 Å². The van der Waals surface area contributed by atoms with Gasteiger partial charge in [0.15, 0.2) is 6.61 Å². The summed E-state index contributed by atoms with van der Waals surface area (Å²) in [6.45, 7) is 0.770. The van der Waals surface area contributed by atoms with E-state index in [1.54, 1.807) is 17.0 Å². The van der Waals surface area contributed by atoms with Gasteiger partial charge in [-0.15, -0.1) is 0 Å². The molecule has 3 aromatic rings. The van der Waals surface area contributed by atoms with Crippen molar-refractivity contribution in [2.24, 2.45) is 0 Å². The van der Waals surface area contributed by atoms with Gasteiger partial charge in [-0.1, -0.05) is 6.07 Å². The Balaban J connectivity index is 1.42. The Kier molecular flexibility index (Phi) is 4.53. The molecule has 0 unspecified atom stereocenters. The van der Waals surface area contributed by atoms with E-state index in [0.29, 0.717) is 30.4 Å². The third-order valence-corrected chi connectivity index (χ3v) is 4.17. The predicted molar refractivity (Wildman–Crippen MR) is 89.9 cm³/mol. The van der Waals surface area contributed by atoms with Crippen LogP contribution in [0.4, 0.5) is 8.78 Å². The van der Waals surface area contributed by atoms with Gasteiger partial charge in [-0.3, -0.25) is 4.79 Å². The molecule has 3 heterocycles. The standard InChI is InChI=1S/C19H15F2N3O3/c20-12-2-1-3-14(8-12)26-11-18-23-15-6-7-24(10-17(15)27-18)19(25)16-5-4-13(21)9-22-16/h1-5,8-9H,6-7,10-11H2. The minimum atomic E-state index is -0.495. The van der Waals surface area contributed by atoms with Crippen molar-refractivity contribution in [3.8, 4) is 5.75 Å². The lowest BCUT2D eigenvalue weighted by Crippen LogP contribution is -2.36. The largest absolute Gasteiger partial charge is 0.484 e.